The molecule has 3 unspecified atom stereocenters. The normalized spacial score (nSPS) is 46.5. The summed E-state index contributed by atoms with van der Waals surface area (Å²) in [5.41, 5.74) is 0. The summed E-state index contributed by atoms with van der Waals surface area (Å²) in [5.74, 6) is 0. The van der Waals surface area contributed by atoms with Gasteiger partial charge >= 0.3 is 6.03 Å². The topological polar surface area (TPSA) is 246 Å². The number of nitrogens with one attached hydrogen (secondary N) is 1. The lowest BCUT2D eigenvalue weighted by atomic mass is 10.1. The standard InChI is InChI=1S/C9H17N2O12P3/c12-5-1-2-11(9(15)10-5)8-7(14)6(13)4(23-8)3-24(16,17)26(21,22)25(18,19)20/h1-2,4-8,12-14H,3H2,(H,10,15)(H,16,17)(H,21,22)(H2,18,19,20)/p-4/t4-,5?,6-,7-,8-/m1/s1/i1D,3D2,4D,6D. The molecule has 0 aromatic carbocycles. The number of nitrogens with zero attached hydrogens (tertiary/aromatic N) is 1. The van der Waals surface area contributed by atoms with Gasteiger partial charge in [0.05, 0.1) is 24.0 Å². The quantitative estimate of drug-likeness (QED) is 0.295. The molecule has 26 heavy (non-hydrogen) atoms. The SMILES string of the molecule is [2H]C1=CN([C@@H]2O[C@]([2H])(C([2H])([2H])P(=O)([O-])P(=O)([O-])P(=O)([O-])[O-])[C@@]([2H])(O)[C@H]2O)C(=O)NC1O. The molecular weight excluding hydrogens is 421 g/mol. The third-order valence-electron chi connectivity index (χ3n) is 3.05. The van der Waals surface area contributed by atoms with Gasteiger partial charge in [-0.3, -0.25) is 4.90 Å². The molecule has 0 aromatic heterocycles. The number of aliphatic hydroxyl groups is 3. The van der Waals surface area contributed by atoms with Crippen LogP contribution in [0.15, 0.2) is 12.3 Å². The van der Waals surface area contributed by atoms with E-state index in [1.807, 2.05) is 0 Å². The summed E-state index contributed by atoms with van der Waals surface area (Å²) in [5, 5.41) is 31.4. The molecule has 2 amide bonds. The van der Waals surface area contributed by atoms with Crippen LogP contribution in [0.2, 0.25) is 0 Å². The second-order valence-corrected chi connectivity index (χ2v) is 15.2. The van der Waals surface area contributed by atoms with Gasteiger partial charge in [0.1, 0.15) is 18.4 Å². The van der Waals surface area contributed by atoms with E-state index in [0.717, 1.165) is 0 Å². The fourth-order valence-electron chi connectivity index (χ4n) is 1.77. The lowest BCUT2D eigenvalue weighted by molar-refractivity contribution is -0.311. The minimum Gasteiger partial charge on any atom is -0.806 e. The molecule has 4 N–H and O–H groups in total. The molecule has 150 valence electrons. The highest BCUT2D eigenvalue weighted by Crippen LogP contribution is 2.86. The monoisotopic (exact) mass is 439 g/mol. The zero-order valence-electron chi connectivity index (χ0n) is 17.1. The number of carbonyl (C=O) groups is 1. The highest BCUT2D eigenvalue weighted by Gasteiger charge is 2.48. The molecule has 2 aliphatic heterocycles. The molecule has 1 fully saturated rings. The van der Waals surface area contributed by atoms with E-state index < -0.39 is 70.0 Å². The summed E-state index contributed by atoms with van der Waals surface area (Å²) < 4.78 is 77.3. The first-order chi connectivity index (χ1) is 13.6. The Labute approximate surface area is 152 Å². The lowest BCUT2D eigenvalue weighted by Gasteiger charge is -2.50. The van der Waals surface area contributed by atoms with Gasteiger partial charge in [0.15, 0.2) is 6.23 Å². The average molecular weight is 439 g/mol. The van der Waals surface area contributed by atoms with E-state index in [4.69, 9.17) is 6.85 Å². The fraction of sp³-hybridized carbons (Fsp3) is 0.667. The number of aliphatic hydroxyl groups excluding tert-OH is 2. The van der Waals surface area contributed by atoms with Gasteiger partial charge < -0.3 is 58.6 Å². The summed E-state index contributed by atoms with van der Waals surface area (Å²) in [6, 6.07) is -2.19. The van der Waals surface area contributed by atoms with Crippen molar-refractivity contribution in [3.8, 4) is 0 Å². The summed E-state index contributed by atoms with van der Waals surface area (Å²) in [6.45, 7) is -7.28. The maximum absolute atomic E-state index is 12.2. The number of carbonyl (C=O) groups excluding carboxylic acids is 1. The first-order valence-electron chi connectivity index (χ1n) is 8.76. The molecule has 0 spiro atoms. The average Bonchev–Trinajstić information content (AvgIpc) is 2.78. The number of amides is 2. The Balaban J connectivity index is 2.63. The van der Waals surface area contributed by atoms with E-state index in [1.54, 1.807) is 5.32 Å². The molecule has 1 saturated heterocycles. The number of urea groups is 1. The van der Waals surface area contributed by atoms with Crippen LogP contribution < -0.4 is 24.9 Å². The largest absolute Gasteiger partial charge is 0.806 e. The van der Waals surface area contributed by atoms with Crippen molar-refractivity contribution in [1.29, 1.82) is 0 Å². The highest BCUT2D eigenvalue weighted by atomic mass is 32.5. The van der Waals surface area contributed by atoms with Crippen LogP contribution in [-0.2, 0) is 18.4 Å². The van der Waals surface area contributed by atoms with Crippen molar-refractivity contribution in [2.75, 3.05) is 6.11 Å². The minimum absolute atomic E-state index is 0.115. The molecule has 0 saturated carbocycles. The van der Waals surface area contributed by atoms with Gasteiger partial charge in [-0.2, -0.15) is 0 Å². The van der Waals surface area contributed by atoms with E-state index in [2.05, 4.69) is 4.74 Å². The van der Waals surface area contributed by atoms with Crippen molar-refractivity contribution in [1.82, 2.24) is 10.2 Å². The Morgan fingerprint density at radius 3 is 2.42 bits per heavy atom. The van der Waals surface area contributed by atoms with E-state index in [9.17, 15) is 53.4 Å². The number of ether oxygens (including phenoxy) is 1. The smallest absolute Gasteiger partial charge is 0.325 e. The van der Waals surface area contributed by atoms with Crippen molar-refractivity contribution in [3.63, 3.8) is 0 Å². The Kier molecular flexibility index (Phi) is 4.17. The maximum Gasteiger partial charge on any atom is 0.325 e. The first-order valence-corrected chi connectivity index (χ1v) is 12.5. The molecule has 0 bridgehead atoms. The third-order valence-corrected chi connectivity index (χ3v) is 13.1. The van der Waals surface area contributed by atoms with Crippen molar-refractivity contribution in [2.45, 2.75) is 30.7 Å². The molecule has 14 nitrogen and oxygen atoms in total. The van der Waals surface area contributed by atoms with Crippen molar-refractivity contribution in [3.05, 3.63) is 12.3 Å². The molecule has 0 aliphatic carbocycles. The second-order valence-electron chi connectivity index (χ2n) is 4.81. The van der Waals surface area contributed by atoms with E-state index in [1.165, 1.54) is 0 Å². The van der Waals surface area contributed by atoms with Gasteiger partial charge in [-0.25, -0.2) is 4.79 Å². The number of rotatable bonds is 5. The van der Waals surface area contributed by atoms with Crippen molar-refractivity contribution in [2.24, 2.45) is 0 Å². The maximum atomic E-state index is 12.2. The van der Waals surface area contributed by atoms with Gasteiger partial charge in [0.2, 0.25) is 0 Å². The van der Waals surface area contributed by atoms with Crippen LogP contribution in [0, 0.1) is 0 Å². The predicted octanol–water partition coefficient (Wildman–Crippen LogP) is -4.69. The van der Waals surface area contributed by atoms with Crippen LogP contribution in [-0.4, -0.2) is 63.1 Å². The summed E-state index contributed by atoms with van der Waals surface area (Å²) in [4.78, 5) is 57.7. The Morgan fingerprint density at radius 2 is 1.88 bits per heavy atom. The predicted molar refractivity (Wildman–Crippen MR) is 73.9 cm³/mol. The third kappa shape index (κ3) is 3.82. The molecule has 2 rings (SSSR count). The van der Waals surface area contributed by atoms with Crippen LogP contribution in [0.4, 0.5) is 4.79 Å². The Bertz CT molecular complexity index is 971. The highest BCUT2D eigenvalue weighted by molar-refractivity contribution is 8.59. The molecule has 2 heterocycles. The van der Waals surface area contributed by atoms with Gasteiger partial charge in [0, 0.05) is 15.1 Å². The molecule has 0 radical (unpaired) electrons. The van der Waals surface area contributed by atoms with Crippen molar-refractivity contribution >= 4 is 27.1 Å². The van der Waals surface area contributed by atoms with Crippen LogP contribution in [0.25, 0.3) is 0 Å². The second kappa shape index (κ2) is 7.08. The summed E-state index contributed by atoms with van der Waals surface area (Å²) in [7, 11) is -14.3. The number of hydrogen-bond donors (Lipinski definition) is 4. The van der Waals surface area contributed by atoms with E-state index in [-0.39, 0.29) is 4.90 Å². The molecule has 0 aromatic rings. The van der Waals surface area contributed by atoms with Crippen LogP contribution in [0.5, 0.6) is 0 Å². The fourth-order valence-corrected chi connectivity index (χ4v) is 7.13. The van der Waals surface area contributed by atoms with Gasteiger partial charge in [-0.15, -0.1) is 0 Å². The number of hydrogen-bond acceptors (Lipinski definition) is 12. The molecule has 7 atom stereocenters. The van der Waals surface area contributed by atoms with Gasteiger partial charge in [0.25, 0.3) is 0 Å². The summed E-state index contributed by atoms with van der Waals surface area (Å²) >= 11 is 0. The summed E-state index contributed by atoms with van der Waals surface area (Å²) in [6.07, 6.45) is -20.1. The zero-order chi connectivity index (χ0) is 24.6. The first kappa shape index (κ1) is 15.3. The minimum atomic E-state index is -7.28. The van der Waals surface area contributed by atoms with Crippen LogP contribution in [0.3, 0.4) is 0 Å². The Morgan fingerprint density at radius 1 is 1.31 bits per heavy atom. The molecule has 17 heteroatoms. The van der Waals surface area contributed by atoms with E-state index >= 15 is 0 Å². The van der Waals surface area contributed by atoms with Crippen LogP contribution in [0.1, 0.15) is 6.85 Å². The van der Waals surface area contributed by atoms with E-state index in [0.29, 0.717) is 6.20 Å². The molecule has 2 aliphatic rings. The van der Waals surface area contributed by atoms with Crippen LogP contribution >= 0.6 is 21.1 Å². The van der Waals surface area contributed by atoms with Gasteiger partial charge in [-0.05, 0) is 13.3 Å². The zero-order valence-corrected chi connectivity index (χ0v) is 14.8. The molecular formula is C9H13N2O12P3-4. The van der Waals surface area contributed by atoms with Crippen molar-refractivity contribution < 1.29 is 65.0 Å². The Hall–Kier alpha value is -0.620. The lowest BCUT2D eigenvalue weighted by Crippen LogP contribution is -2.53. The van der Waals surface area contributed by atoms with Gasteiger partial charge in [-0.1, -0.05) is 0 Å².